The number of carbonyl (C=O) groups is 1. The lowest BCUT2D eigenvalue weighted by Crippen LogP contribution is -2.20. The second-order valence-electron chi connectivity index (χ2n) is 5.92. The van der Waals surface area contributed by atoms with Crippen LogP contribution < -0.4 is 5.56 Å². The molecule has 3 aromatic rings. The number of para-hydroxylation sites is 1. The first-order valence-electron chi connectivity index (χ1n) is 8.33. The van der Waals surface area contributed by atoms with Crippen molar-refractivity contribution in [2.24, 2.45) is 5.10 Å². The van der Waals surface area contributed by atoms with Gasteiger partial charge in [-0.3, -0.25) is 4.79 Å². The van der Waals surface area contributed by atoms with Gasteiger partial charge in [0, 0.05) is 5.69 Å². The summed E-state index contributed by atoms with van der Waals surface area (Å²) in [6.45, 7) is 7.40. The van der Waals surface area contributed by atoms with Gasteiger partial charge >= 0.3 is 5.97 Å². The van der Waals surface area contributed by atoms with Gasteiger partial charge in [-0.2, -0.15) is 9.78 Å². The van der Waals surface area contributed by atoms with Crippen LogP contribution in [-0.4, -0.2) is 33.4 Å². The molecule has 0 bridgehead atoms. The number of H-pyrrole nitrogens is 1. The van der Waals surface area contributed by atoms with Crippen LogP contribution in [0.1, 0.15) is 40.1 Å². The van der Waals surface area contributed by atoms with Gasteiger partial charge in [-0.1, -0.05) is 12.1 Å². The summed E-state index contributed by atoms with van der Waals surface area (Å²) >= 11 is 0. The highest BCUT2D eigenvalue weighted by Crippen LogP contribution is 2.18. The molecule has 0 fully saturated rings. The fourth-order valence-electron chi connectivity index (χ4n) is 2.90. The number of ether oxygens (including phenoxy) is 1. The number of nitrogens with zero attached hydrogens (tertiary/aromatic N) is 3. The van der Waals surface area contributed by atoms with Gasteiger partial charge in [0.25, 0.3) is 5.56 Å². The molecule has 7 nitrogen and oxygen atoms in total. The zero-order valence-electron chi connectivity index (χ0n) is 15.2. The van der Waals surface area contributed by atoms with E-state index < -0.39 is 0 Å². The van der Waals surface area contributed by atoms with Crippen molar-refractivity contribution in [2.45, 2.75) is 27.7 Å². The fourth-order valence-corrected chi connectivity index (χ4v) is 2.90. The van der Waals surface area contributed by atoms with Crippen LogP contribution in [0, 0.1) is 20.8 Å². The minimum absolute atomic E-state index is 0.240. The summed E-state index contributed by atoms with van der Waals surface area (Å²) in [4.78, 5) is 32.2. The Balaban J connectivity index is 2.04. The molecule has 2 heterocycles. The topological polar surface area (TPSA) is 89.3 Å². The van der Waals surface area contributed by atoms with E-state index >= 15 is 0 Å². The molecule has 1 aromatic carbocycles. The van der Waals surface area contributed by atoms with E-state index in [1.54, 1.807) is 39.0 Å². The lowest BCUT2D eigenvalue weighted by atomic mass is 10.1. The summed E-state index contributed by atoms with van der Waals surface area (Å²) in [7, 11) is 0. The van der Waals surface area contributed by atoms with E-state index in [1.807, 2.05) is 13.0 Å². The molecule has 1 N–H and O–H groups in total. The van der Waals surface area contributed by atoms with Crippen LogP contribution in [0.2, 0.25) is 0 Å². The summed E-state index contributed by atoms with van der Waals surface area (Å²) < 4.78 is 6.34. The molecule has 0 spiro atoms. The summed E-state index contributed by atoms with van der Waals surface area (Å²) in [5.41, 5.74) is 2.96. The number of nitrogens with one attached hydrogen (secondary N) is 1. The van der Waals surface area contributed by atoms with Crippen molar-refractivity contribution in [2.75, 3.05) is 6.61 Å². The summed E-state index contributed by atoms with van der Waals surface area (Å²) in [5, 5.41) is 4.78. The molecule has 0 unspecified atom stereocenters. The zero-order chi connectivity index (χ0) is 18.8. The standard InChI is InChI=1S/C19H20N4O3/c1-5-26-19(25)17-11(2)16(21-12(17)3)10-20-23-13(4)22-15-9-7-6-8-14(15)18(23)24/h6-10,21H,5H2,1-4H3/b20-10+. The van der Waals surface area contributed by atoms with E-state index in [4.69, 9.17) is 4.74 Å². The predicted octanol–water partition coefficient (Wildman–Crippen LogP) is 2.71. The normalized spacial score (nSPS) is 11.4. The SMILES string of the molecule is CCOC(=O)c1c(C)[nH]c(/C=N/n2c(C)nc3ccccc3c2=O)c1C. The van der Waals surface area contributed by atoms with Gasteiger partial charge in [0.15, 0.2) is 0 Å². The van der Waals surface area contributed by atoms with Crippen molar-refractivity contribution < 1.29 is 9.53 Å². The number of aryl methyl sites for hydroxylation is 2. The number of aromatic amines is 1. The highest BCUT2D eigenvalue weighted by Gasteiger charge is 2.18. The molecule has 0 atom stereocenters. The molecule has 0 saturated heterocycles. The molecule has 0 aliphatic rings. The van der Waals surface area contributed by atoms with Crippen LogP contribution in [-0.2, 0) is 4.74 Å². The number of aromatic nitrogens is 3. The third-order valence-electron chi connectivity index (χ3n) is 4.17. The van der Waals surface area contributed by atoms with E-state index in [0.29, 0.717) is 40.3 Å². The van der Waals surface area contributed by atoms with Gasteiger partial charge in [0.05, 0.1) is 35.0 Å². The van der Waals surface area contributed by atoms with Gasteiger partial charge in [-0.25, -0.2) is 9.78 Å². The molecular formula is C19H20N4O3. The van der Waals surface area contributed by atoms with Gasteiger partial charge in [0.2, 0.25) is 0 Å². The molecule has 3 rings (SSSR count). The van der Waals surface area contributed by atoms with E-state index in [2.05, 4.69) is 15.1 Å². The molecule has 0 radical (unpaired) electrons. The zero-order valence-corrected chi connectivity index (χ0v) is 15.2. The first-order valence-corrected chi connectivity index (χ1v) is 8.33. The summed E-state index contributed by atoms with van der Waals surface area (Å²) in [6, 6.07) is 7.14. The Morgan fingerprint density at radius 1 is 1.31 bits per heavy atom. The first kappa shape index (κ1) is 17.6. The molecule has 0 amide bonds. The van der Waals surface area contributed by atoms with Crippen LogP contribution in [0.5, 0.6) is 0 Å². The van der Waals surface area contributed by atoms with Crippen LogP contribution in [0.3, 0.4) is 0 Å². The van der Waals surface area contributed by atoms with Crippen LogP contribution in [0.25, 0.3) is 10.9 Å². The fraction of sp³-hybridized carbons (Fsp3) is 0.263. The Morgan fingerprint density at radius 3 is 2.77 bits per heavy atom. The average Bonchev–Trinajstić information content (AvgIpc) is 2.88. The number of fused-ring (bicyclic) bond motifs is 1. The third kappa shape index (κ3) is 3.03. The van der Waals surface area contributed by atoms with Crippen molar-refractivity contribution in [1.29, 1.82) is 0 Å². The number of benzene rings is 1. The number of hydrogen-bond donors (Lipinski definition) is 1. The summed E-state index contributed by atoms with van der Waals surface area (Å²) in [5.74, 6) is 0.107. The molecule has 7 heteroatoms. The van der Waals surface area contributed by atoms with E-state index in [1.165, 1.54) is 10.9 Å². The number of hydrogen-bond acceptors (Lipinski definition) is 5. The maximum atomic E-state index is 12.6. The maximum Gasteiger partial charge on any atom is 0.340 e. The van der Waals surface area contributed by atoms with E-state index in [9.17, 15) is 9.59 Å². The number of rotatable bonds is 4. The monoisotopic (exact) mass is 352 g/mol. The second-order valence-corrected chi connectivity index (χ2v) is 5.92. The Hall–Kier alpha value is -3.22. The van der Waals surface area contributed by atoms with Crippen molar-refractivity contribution in [1.82, 2.24) is 14.6 Å². The molecule has 0 saturated carbocycles. The smallest absolute Gasteiger partial charge is 0.340 e. The molecule has 26 heavy (non-hydrogen) atoms. The Kier molecular flexibility index (Phi) is 4.71. The molecule has 0 aliphatic carbocycles. The van der Waals surface area contributed by atoms with E-state index in [-0.39, 0.29) is 11.5 Å². The maximum absolute atomic E-state index is 12.6. The molecule has 134 valence electrons. The quantitative estimate of drug-likeness (QED) is 0.577. The van der Waals surface area contributed by atoms with Crippen molar-refractivity contribution >= 4 is 23.1 Å². The number of esters is 1. The minimum Gasteiger partial charge on any atom is -0.462 e. The van der Waals surface area contributed by atoms with Crippen molar-refractivity contribution in [3.05, 3.63) is 63.0 Å². The summed E-state index contributed by atoms with van der Waals surface area (Å²) in [6.07, 6.45) is 1.52. The van der Waals surface area contributed by atoms with Crippen LogP contribution >= 0.6 is 0 Å². The number of carbonyl (C=O) groups excluding carboxylic acids is 1. The van der Waals surface area contributed by atoms with Gasteiger partial charge in [0.1, 0.15) is 5.82 Å². The average molecular weight is 352 g/mol. The third-order valence-corrected chi connectivity index (χ3v) is 4.17. The van der Waals surface area contributed by atoms with Gasteiger partial charge in [-0.15, -0.1) is 0 Å². The van der Waals surface area contributed by atoms with Crippen LogP contribution in [0.15, 0.2) is 34.2 Å². The van der Waals surface area contributed by atoms with E-state index in [0.717, 1.165) is 5.56 Å². The van der Waals surface area contributed by atoms with Crippen molar-refractivity contribution in [3.8, 4) is 0 Å². The Morgan fingerprint density at radius 2 is 2.04 bits per heavy atom. The Labute approximate surface area is 150 Å². The van der Waals surface area contributed by atoms with Crippen molar-refractivity contribution in [3.63, 3.8) is 0 Å². The lowest BCUT2D eigenvalue weighted by molar-refractivity contribution is 0.0525. The van der Waals surface area contributed by atoms with Crippen LogP contribution in [0.4, 0.5) is 0 Å². The minimum atomic E-state index is -0.376. The first-order chi connectivity index (χ1) is 12.4. The Bertz CT molecular complexity index is 1080. The molecule has 2 aromatic heterocycles. The molecular weight excluding hydrogens is 332 g/mol. The van der Waals surface area contributed by atoms with Gasteiger partial charge in [-0.05, 0) is 45.4 Å². The van der Waals surface area contributed by atoms with Gasteiger partial charge < -0.3 is 9.72 Å². The highest BCUT2D eigenvalue weighted by atomic mass is 16.5. The highest BCUT2D eigenvalue weighted by molar-refractivity contribution is 5.96. The largest absolute Gasteiger partial charge is 0.462 e. The lowest BCUT2D eigenvalue weighted by Gasteiger charge is -2.05. The molecule has 0 aliphatic heterocycles. The second kappa shape index (κ2) is 6.95. The predicted molar refractivity (Wildman–Crippen MR) is 100.0 cm³/mol.